The molecule has 0 spiro atoms. The minimum atomic E-state index is -0.391. The summed E-state index contributed by atoms with van der Waals surface area (Å²) in [5, 5.41) is 6.44. The van der Waals surface area contributed by atoms with Gasteiger partial charge in [-0.3, -0.25) is 9.59 Å². The summed E-state index contributed by atoms with van der Waals surface area (Å²) in [4.78, 5) is 26.2. The van der Waals surface area contributed by atoms with Crippen LogP contribution in [0.3, 0.4) is 0 Å². The number of carbonyl (C=O) groups excluding carboxylic acids is 2. The van der Waals surface area contributed by atoms with Crippen LogP contribution in [0.2, 0.25) is 0 Å². The molecule has 2 N–H and O–H groups in total. The molecular weight excluding hydrogens is 324 g/mol. The van der Waals surface area contributed by atoms with E-state index in [1.165, 1.54) is 38.5 Å². The van der Waals surface area contributed by atoms with Gasteiger partial charge in [-0.2, -0.15) is 0 Å². The molecular formula is C22H36N2O2. The molecule has 26 heavy (non-hydrogen) atoms. The summed E-state index contributed by atoms with van der Waals surface area (Å²) in [5.74, 6) is 2.58. The number of carbonyl (C=O) groups is 2. The minimum absolute atomic E-state index is 0.0324. The van der Waals surface area contributed by atoms with Crippen LogP contribution in [0.5, 0.6) is 0 Å². The second-order valence-corrected chi connectivity index (χ2v) is 10.2. The van der Waals surface area contributed by atoms with E-state index in [0.717, 1.165) is 49.9 Å². The van der Waals surface area contributed by atoms with E-state index in [0.29, 0.717) is 6.04 Å². The summed E-state index contributed by atoms with van der Waals surface area (Å²) in [7, 11) is 0. The van der Waals surface area contributed by atoms with Gasteiger partial charge in [-0.25, -0.2) is 0 Å². The maximum atomic E-state index is 13.3. The van der Waals surface area contributed by atoms with Gasteiger partial charge in [0.05, 0.1) is 0 Å². The van der Waals surface area contributed by atoms with Crippen LogP contribution in [0.25, 0.3) is 0 Å². The first-order valence-corrected chi connectivity index (χ1v) is 11.1. The molecule has 5 aliphatic carbocycles. The van der Waals surface area contributed by atoms with Crippen molar-refractivity contribution in [1.82, 2.24) is 10.6 Å². The standard InChI is InChI=1S/C22H36N2O2/c1-14(2)19(20(25)23-18-6-4-3-5-7-18)24-21(26)22-11-15-8-16(12-22)10-17(9-15)13-22/h14-19H,3-13H2,1-2H3,(H,23,25)(H,24,26)/t15?,16?,17?,19-,22?/m0/s1. The summed E-state index contributed by atoms with van der Waals surface area (Å²) >= 11 is 0. The predicted octanol–water partition coefficient (Wildman–Crippen LogP) is 3.79. The van der Waals surface area contributed by atoms with Gasteiger partial charge in [0.2, 0.25) is 11.8 Å². The number of amides is 2. The van der Waals surface area contributed by atoms with E-state index < -0.39 is 6.04 Å². The number of nitrogens with one attached hydrogen (secondary N) is 2. The summed E-state index contributed by atoms with van der Waals surface area (Å²) in [6.07, 6.45) is 13.0. The van der Waals surface area contributed by atoms with Crippen LogP contribution < -0.4 is 10.6 Å². The van der Waals surface area contributed by atoms with E-state index in [-0.39, 0.29) is 23.1 Å². The smallest absolute Gasteiger partial charge is 0.243 e. The van der Waals surface area contributed by atoms with E-state index in [2.05, 4.69) is 10.6 Å². The summed E-state index contributed by atoms with van der Waals surface area (Å²) < 4.78 is 0. The summed E-state index contributed by atoms with van der Waals surface area (Å²) in [5.41, 5.74) is -0.174. The van der Waals surface area contributed by atoms with Gasteiger partial charge in [-0.15, -0.1) is 0 Å². The van der Waals surface area contributed by atoms with Crippen molar-refractivity contribution in [1.29, 1.82) is 0 Å². The highest BCUT2D eigenvalue weighted by Gasteiger charge is 2.55. The van der Waals surface area contributed by atoms with Crippen LogP contribution in [0.1, 0.15) is 84.5 Å². The van der Waals surface area contributed by atoms with Crippen molar-refractivity contribution >= 4 is 11.8 Å². The average molecular weight is 361 g/mol. The van der Waals surface area contributed by atoms with Gasteiger partial charge in [-0.1, -0.05) is 33.1 Å². The van der Waals surface area contributed by atoms with E-state index in [9.17, 15) is 9.59 Å². The normalized spacial score (nSPS) is 37.6. The van der Waals surface area contributed by atoms with E-state index in [4.69, 9.17) is 0 Å². The third kappa shape index (κ3) is 3.53. The Hall–Kier alpha value is -1.06. The minimum Gasteiger partial charge on any atom is -0.352 e. The van der Waals surface area contributed by atoms with Gasteiger partial charge in [0.15, 0.2) is 0 Å². The Morgan fingerprint density at radius 1 is 0.885 bits per heavy atom. The molecule has 5 saturated carbocycles. The van der Waals surface area contributed by atoms with Gasteiger partial charge in [-0.05, 0) is 75.0 Å². The van der Waals surface area contributed by atoms with Gasteiger partial charge in [0, 0.05) is 11.5 Å². The maximum absolute atomic E-state index is 13.3. The van der Waals surface area contributed by atoms with Crippen LogP contribution in [-0.4, -0.2) is 23.9 Å². The van der Waals surface area contributed by atoms with Gasteiger partial charge < -0.3 is 10.6 Å². The maximum Gasteiger partial charge on any atom is 0.243 e. The SMILES string of the molecule is CC(C)[C@H](NC(=O)C12CC3CC(CC(C3)C1)C2)C(=O)NC1CCCCC1. The van der Waals surface area contributed by atoms with Crippen LogP contribution in [0.15, 0.2) is 0 Å². The molecule has 4 heteroatoms. The van der Waals surface area contributed by atoms with Crippen molar-refractivity contribution in [3.63, 3.8) is 0 Å². The molecule has 0 aromatic heterocycles. The van der Waals surface area contributed by atoms with Crippen LogP contribution in [0, 0.1) is 29.1 Å². The predicted molar refractivity (Wildman–Crippen MR) is 102 cm³/mol. The number of hydrogen-bond acceptors (Lipinski definition) is 2. The topological polar surface area (TPSA) is 58.2 Å². The molecule has 4 bridgehead atoms. The molecule has 1 atom stereocenters. The highest BCUT2D eigenvalue weighted by atomic mass is 16.2. The first kappa shape index (κ1) is 18.3. The van der Waals surface area contributed by atoms with Crippen molar-refractivity contribution < 1.29 is 9.59 Å². The molecule has 5 fully saturated rings. The van der Waals surface area contributed by atoms with Crippen molar-refractivity contribution in [2.24, 2.45) is 29.1 Å². The highest BCUT2D eigenvalue weighted by molar-refractivity contribution is 5.90. The van der Waals surface area contributed by atoms with Crippen molar-refractivity contribution in [3.8, 4) is 0 Å². The van der Waals surface area contributed by atoms with Crippen LogP contribution in [0.4, 0.5) is 0 Å². The molecule has 0 aromatic rings. The van der Waals surface area contributed by atoms with Crippen molar-refractivity contribution in [3.05, 3.63) is 0 Å². The first-order valence-electron chi connectivity index (χ1n) is 11.1. The molecule has 0 heterocycles. The van der Waals surface area contributed by atoms with E-state index in [1.54, 1.807) is 0 Å². The fraction of sp³-hybridized carbons (Fsp3) is 0.909. The van der Waals surface area contributed by atoms with Gasteiger partial charge in [0.25, 0.3) is 0 Å². The molecule has 0 radical (unpaired) electrons. The lowest BCUT2D eigenvalue weighted by Gasteiger charge is -2.55. The van der Waals surface area contributed by atoms with Crippen molar-refractivity contribution in [2.75, 3.05) is 0 Å². The third-order valence-electron chi connectivity index (χ3n) is 7.71. The molecule has 5 rings (SSSR count). The lowest BCUT2D eigenvalue weighted by Crippen LogP contribution is -2.59. The van der Waals surface area contributed by atoms with Crippen LogP contribution in [-0.2, 0) is 9.59 Å². The van der Waals surface area contributed by atoms with Crippen molar-refractivity contribution in [2.45, 2.75) is 96.6 Å². The molecule has 0 saturated heterocycles. The third-order valence-corrected chi connectivity index (χ3v) is 7.71. The molecule has 5 aliphatic rings. The Kier molecular flexibility index (Phi) is 5.04. The molecule has 0 aliphatic heterocycles. The largest absolute Gasteiger partial charge is 0.352 e. The second-order valence-electron chi connectivity index (χ2n) is 10.2. The lowest BCUT2D eigenvalue weighted by molar-refractivity contribution is -0.149. The highest BCUT2D eigenvalue weighted by Crippen LogP contribution is 2.60. The number of rotatable bonds is 5. The Morgan fingerprint density at radius 3 is 1.92 bits per heavy atom. The fourth-order valence-corrected chi connectivity index (χ4v) is 6.76. The molecule has 4 nitrogen and oxygen atoms in total. The van der Waals surface area contributed by atoms with E-state index >= 15 is 0 Å². The quantitative estimate of drug-likeness (QED) is 0.783. The zero-order valence-electron chi connectivity index (χ0n) is 16.6. The Labute approximate surface area is 158 Å². The Bertz CT molecular complexity index is 515. The molecule has 0 aromatic carbocycles. The first-order chi connectivity index (χ1) is 12.4. The summed E-state index contributed by atoms with van der Waals surface area (Å²) in [6, 6.07) is -0.0913. The van der Waals surface area contributed by atoms with Gasteiger partial charge in [0.1, 0.15) is 6.04 Å². The van der Waals surface area contributed by atoms with E-state index in [1.807, 2.05) is 13.8 Å². The zero-order valence-corrected chi connectivity index (χ0v) is 16.6. The summed E-state index contributed by atoms with van der Waals surface area (Å²) in [6.45, 7) is 4.09. The monoisotopic (exact) mass is 360 g/mol. The zero-order chi connectivity index (χ0) is 18.3. The van der Waals surface area contributed by atoms with Crippen LogP contribution >= 0.6 is 0 Å². The fourth-order valence-electron chi connectivity index (χ4n) is 6.76. The second kappa shape index (κ2) is 7.16. The number of hydrogen-bond donors (Lipinski definition) is 2. The molecule has 146 valence electrons. The average Bonchev–Trinajstić information content (AvgIpc) is 2.58. The molecule has 0 unspecified atom stereocenters. The molecule has 2 amide bonds. The lowest BCUT2D eigenvalue weighted by atomic mass is 9.49. The van der Waals surface area contributed by atoms with Gasteiger partial charge >= 0.3 is 0 Å². The Morgan fingerprint density at radius 2 is 1.42 bits per heavy atom. The Balaban J connectivity index is 1.41.